The van der Waals surface area contributed by atoms with Crippen LogP contribution in [0.3, 0.4) is 0 Å². The Bertz CT molecular complexity index is 750. The van der Waals surface area contributed by atoms with Crippen molar-refractivity contribution in [1.29, 1.82) is 0 Å². The van der Waals surface area contributed by atoms with Gasteiger partial charge in [-0.3, -0.25) is 0 Å². The van der Waals surface area contributed by atoms with Crippen LogP contribution < -0.4 is 0 Å². The maximum absolute atomic E-state index is 5.98. The number of aromatic nitrogens is 3. The van der Waals surface area contributed by atoms with E-state index in [-0.39, 0.29) is 0 Å². The molecular weight excluding hydrogens is 337 g/mol. The van der Waals surface area contributed by atoms with Crippen molar-refractivity contribution >= 4 is 57.3 Å². The number of pyridine rings is 1. The van der Waals surface area contributed by atoms with Gasteiger partial charge in [-0.2, -0.15) is 0 Å². The van der Waals surface area contributed by atoms with Crippen molar-refractivity contribution in [3.63, 3.8) is 0 Å². The fourth-order valence-electron chi connectivity index (χ4n) is 2.07. The van der Waals surface area contributed by atoms with E-state index in [0.29, 0.717) is 23.9 Å². The highest BCUT2D eigenvalue weighted by atomic mass is 35.5. The number of hydrogen-bond donors (Lipinski definition) is 0. The monoisotopic (exact) mass is 345 g/mol. The van der Waals surface area contributed by atoms with Gasteiger partial charge in [0.1, 0.15) is 11.3 Å². The van der Waals surface area contributed by atoms with Gasteiger partial charge in [-0.25, -0.2) is 9.97 Å². The van der Waals surface area contributed by atoms with Gasteiger partial charge in [0.2, 0.25) is 0 Å². The molecule has 0 saturated heterocycles. The summed E-state index contributed by atoms with van der Waals surface area (Å²) < 4.78 is 2.84. The van der Waals surface area contributed by atoms with Crippen LogP contribution in [0.1, 0.15) is 10.7 Å². The number of aryl methyl sites for hydroxylation is 1. The SMILES string of the molecule is ClCCc1nc2cc(Cl)cnc2n1Cc1ccc(Cl)s1. The summed E-state index contributed by atoms with van der Waals surface area (Å²) in [6.07, 6.45) is 2.32. The van der Waals surface area contributed by atoms with Crippen molar-refractivity contribution in [2.45, 2.75) is 13.0 Å². The molecule has 0 radical (unpaired) electrons. The molecule has 0 bridgehead atoms. The van der Waals surface area contributed by atoms with E-state index in [1.165, 1.54) is 0 Å². The molecule has 20 heavy (non-hydrogen) atoms. The fourth-order valence-corrected chi connectivity index (χ4v) is 3.47. The number of hydrogen-bond acceptors (Lipinski definition) is 3. The quantitative estimate of drug-likeness (QED) is 0.645. The zero-order chi connectivity index (χ0) is 14.1. The lowest BCUT2D eigenvalue weighted by Crippen LogP contribution is -2.05. The van der Waals surface area contributed by atoms with E-state index in [1.54, 1.807) is 17.5 Å². The van der Waals surface area contributed by atoms with Crippen molar-refractivity contribution in [3.8, 4) is 0 Å². The van der Waals surface area contributed by atoms with Gasteiger partial charge in [-0.05, 0) is 18.2 Å². The normalized spacial score (nSPS) is 11.3. The third-order valence-corrected chi connectivity index (χ3v) is 4.50. The van der Waals surface area contributed by atoms with Gasteiger partial charge in [0.15, 0.2) is 5.65 Å². The Kier molecular flexibility index (Phi) is 4.17. The first-order chi connectivity index (χ1) is 9.67. The zero-order valence-electron chi connectivity index (χ0n) is 10.3. The number of rotatable bonds is 4. The van der Waals surface area contributed by atoms with Crippen LogP contribution in [0.2, 0.25) is 9.36 Å². The van der Waals surface area contributed by atoms with Crippen molar-refractivity contribution in [2.75, 3.05) is 5.88 Å². The van der Waals surface area contributed by atoms with Crippen LogP contribution in [0, 0.1) is 0 Å². The van der Waals surface area contributed by atoms with Crippen LogP contribution >= 0.6 is 46.1 Å². The molecule has 3 aromatic heterocycles. The largest absolute Gasteiger partial charge is 0.307 e. The summed E-state index contributed by atoms with van der Waals surface area (Å²) in [7, 11) is 0. The van der Waals surface area contributed by atoms with Crippen molar-refractivity contribution in [3.05, 3.63) is 44.5 Å². The number of nitrogens with zero attached hydrogens (tertiary/aromatic N) is 3. The van der Waals surface area contributed by atoms with Crippen LogP contribution in [0.15, 0.2) is 24.4 Å². The van der Waals surface area contributed by atoms with Crippen LogP contribution in [0.4, 0.5) is 0 Å². The summed E-state index contributed by atoms with van der Waals surface area (Å²) in [5.41, 5.74) is 1.61. The van der Waals surface area contributed by atoms with Crippen LogP contribution in [-0.2, 0) is 13.0 Å². The molecular formula is C13H10Cl3N3S. The summed E-state index contributed by atoms with van der Waals surface area (Å²) in [4.78, 5) is 10.1. The Hall–Kier alpha value is -0.810. The second-order valence-corrected chi connectivity index (χ2v) is 6.87. The molecule has 3 rings (SSSR count). The van der Waals surface area contributed by atoms with E-state index >= 15 is 0 Å². The van der Waals surface area contributed by atoms with E-state index in [9.17, 15) is 0 Å². The Labute approximate surface area is 135 Å². The van der Waals surface area contributed by atoms with Gasteiger partial charge >= 0.3 is 0 Å². The number of imidazole rings is 1. The number of halogens is 3. The third kappa shape index (κ3) is 2.79. The van der Waals surface area contributed by atoms with Crippen LogP contribution in [0.25, 0.3) is 11.2 Å². The lowest BCUT2D eigenvalue weighted by atomic mass is 10.4. The van der Waals surface area contributed by atoms with Gasteiger partial charge < -0.3 is 4.57 Å². The summed E-state index contributed by atoms with van der Waals surface area (Å²) >= 11 is 19.4. The number of fused-ring (bicyclic) bond motifs is 1. The minimum Gasteiger partial charge on any atom is -0.307 e. The molecule has 0 aromatic carbocycles. The van der Waals surface area contributed by atoms with Gasteiger partial charge in [0.25, 0.3) is 0 Å². The maximum Gasteiger partial charge on any atom is 0.160 e. The van der Waals surface area contributed by atoms with Crippen LogP contribution in [0.5, 0.6) is 0 Å². The smallest absolute Gasteiger partial charge is 0.160 e. The first-order valence-corrected chi connectivity index (χ1v) is 8.09. The van der Waals surface area contributed by atoms with Gasteiger partial charge in [0, 0.05) is 23.4 Å². The first-order valence-electron chi connectivity index (χ1n) is 5.98. The fraction of sp³-hybridized carbons (Fsp3) is 0.231. The predicted octanol–water partition coefficient (Wildman–Crippen LogP) is 4.63. The topological polar surface area (TPSA) is 30.7 Å². The molecule has 0 unspecified atom stereocenters. The Morgan fingerprint density at radius 1 is 1.25 bits per heavy atom. The summed E-state index contributed by atoms with van der Waals surface area (Å²) in [5.74, 6) is 1.43. The molecule has 0 amide bonds. The highest BCUT2D eigenvalue weighted by Crippen LogP contribution is 2.25. The van der Waals surface area contributed by atoms with Gasteiger partial charge in [-0.1, -0.05) is 23.2 Å². The Balaban J connectivity index is 2.08. The molecule has 3 nitrogen and oxygen atoms in total. The third-order valence-electron chi connectivity index (χ3n) is 2.89. The van der Waals surface area contributed by atoms with E-state index in [2.05, 4.69) is 14.5 Å². The molecule has 104 valence electrons. The summed E-state index contributed by atoms with van der Waals surface area (Å²) in [6, 6.07) is 5.73. The lowest BCUT2D eigenvalue weighted by molar-refractivity contribution is 0.756. The molecule has 0 fully saturated rings. The maximum atomic E-state index is 5.98. The molecule has 0 atom stereocenters. The Morgan fingerprint density at radius 2 is 2.10 bits per heavy atom. The van der Waals surface area contributed by atoms with Gasteiger partial charge in [-0.15, -0.1) is 22.9 Å². The Morgan fingerprint density at radius 3 is 2.80 bits per heavy atom. The second-order valence-electron chi connectivity index (χ2n) is 4.26. The highest BCUT2D eigenvalue weighted by Gasteiger charge is 2.13. The lowest BCUT2D eigenvalue weighted by Gasteiger charge is -2.06. The predicted molar refractivity (Wildman–Crippen MR) is 85.4 cm³/mol. The zero-order valence-corrected chi connectivity index (χ0v) is 13.4. The number of alkyl halides is 1. The second kappa shape index (κ2) is 5.90. The summed E-state index contributed by atoms with van der Waals surface area (Å²) in [6.45, 7) is 0.689. The molecule has 7 heteroatoms. The van der Waals surface area contributed by atoms with E-state index in [0.717, 1.165) is 26.2 Å². The average molecular weight is 347 g/mol. The molecule has 3 heterocycles. The number of thiophene rings is 1. The molecule has 0 aliphatic heterocycles. The van der Waals surface area contributed by atoms with E-state index < -0.39 is 0 Å². The van der Waals surface area contributed by atoms with Crippen molar-refractivity contribution in [1.82, 2.24) is 14.5 Å². The molecule has 0 N–H and O–H groups in total. The van der Waals surface area contributed by atoms with E-state index in [4.69, 9.17) is 34.8 Å². The first kappa shape index (κ1) is 14.1. The highest BCUT2D eigenvalue weighted by molar-refractivity contribution is 7.16. The molecule has 0 spiro atoms. The average Bonchev–Trinajstić information content (AvgIpc) is 2.95. The minimum atomic E-state index is 0.516. The molecule has 0 aliphatic carbocycles. The molecule has 3 aromatic rings. The molecule has 0 aliphatic rings. The standard InChI is InChI=1S/C13H10Cl3N3S/c14-4-3-12-18-10-5-8(15)6-17-13(10)19(12)7-9-1-2-11(16)20-9/h1-2,5-6H,3-4,7H2. The van der Waals surface area contributed by atoms with E-state index in [1.807, 2.05) is 18.2 Å². The minimum absolute atomic E-state index is 0.516. The summed E-state index contributed by atoms with van der Waals surface area (Å²) in [5, 5.41) is 0.582. The molecule has 0 saturated carbocycles. The van der Waals surface area contributed by atoms with Crippen LogP contribution in [-0.4, -0.2) is 20.4 Å². The van der Waals surface area contributed by atoms with Crippen molar-refractivity contribution in [2.24, 2.45) is 0 Å². The van der Waals surface area contributed by atoms with Gasteiger partial charge in [0.05, 0.1) is 15.9 Å². The van der Waals surface area contributed by atoms with Crippen molar-refractivity contribution < 1.29 is 0 Å².